The lowest BCUT2D eigenvalue weighted by atomic mass is 10.1. The van der Waals surface area contributed by atoms with E-state index in [-0.39, 0.29) is 28.8 Å². The second kappa shape index (κ2) is 7.28. The number of nitrogens with zero attached hydrogens (tertiary/aromatic N) is 2. The van der Waals surface area contributed by atoms with Gasteiger partial charge in [-0.3, -0.25) is 4.98 Å². The fourth-order valence-corrected chi connectivity index (χ4v) is 1.63. The number of para-hydroxylation sites is 1. The third kappa shape index (κ3) is 2.96. The van der Waals surface area contributed by atoms with Crippen LogP contribution in [-0.4, -0.2) is 17.6 Å². The molecule has 1 aromatic heterocycles. The third-order valence-electron chi connectivity index (χ3n) is 2.41. The van der Waals surface area contributed by atoms with Crippen molar-refractivity contribution in [3.8, 4) is 0 Å². The van der Waals surface area contributed by atoms with E-state index >= 15 is 0 Å². The molecule has 0 N–H and O–H groups in total. The summed E-state index contributed by atoms with van der Waals surface area (Å²) in [6, 6.07) is 4.11. The standard InChI is InChI=1S/C12H9FN2O3.C2H6/c1-2-18-12(16)8-6-14-11-7(10(8)15-17)4-3-5-9(11)13;1-2/h3-6H,2H2,1H3;1-2H3. The average molecular weight is 278 g/mol. The number of ether oxygens (including phenoxy) is 1. The van der Waals surface area contributed by atoms with E-state index in [0.717, 1.165) is 6.20 Å². The van der Waals surface area contributed by atoms with Crippen molar-refractivity contribution >= 4 is 22.6 Å². The maximum atomic E-state index is 13.5. The molecule has 0 aliphatic heterocycles. The minimum Gasteiger partial charge on any atom is -0.462 e. The predicted molar refractivity (Wildman–Crippen MR) is 74.5 cm³/mol. The molecule has 5 nitrogen and oxygen atoms in total. The van der Waals surface area contributed by atoms with Gasteiger partial charge in [0.15, 0.2) is 0 Å². The molecule has 0 saturated heterocycles. The SMILES string of the molecule is CC.CCOC(=O)c1cnc2c(F)cccc2c1N=O. The third-order valence-corrected chi connectivity index (χ3v) is 2.41. The van der Waals surface area contributed by atoms with Crippen molar-refractivity contribution in [2.24, 2.45) is 5.18 Å². The van der Waals surface area contributed by atoms with Crippen molar-refractivity contribution in [2.45, 2.75) is 20.8 Å². The van der Waals surface area contributed by atoms with E-state index in [4.69, 9.17) is 4.74 Å². The Hall–Kier alpha value is -2.37. The molecule has 0 aliphatic rings. The number of aromatic nitrogens is 1. The van der Waals surface area contributed by atoms with Gasteiger partial charge < -0.3 is 4.74 Å². The van der Waals surface area contributed by atoms with Crippen LogP contribution in [0.3, 0.4) is 0 Å². The Morgan fingerprint density at radius 2 is 2.10 bits per heavy atom. The molecule has 20 heavy (non-hydrogen) atoms. The average Bonchev–Trinajstić information content (AvgIpc) is 2.48. The van der Waals surface area contributed by atoms with Crippen LogP contribution in [0.1, 0.15) is 31.1 Å². The normalized spacial score (nSPS) is 9.60. The van der Waals surface area contributed by atoms with Gasteiger partial charge in [0.2, 0.25) is 0 Å². The number of hydrogen-bond donors (Lipinski definition) is 0. The fraction of sp³-hybridized carbons (Fsp3) is 0.286. The molecule has 2 rings (SSSR count). The van der Waals surface area contributed by atoms with Gasteiger partial charge in [0.05, 0.1) is 6.61 Å². The zero-order chi connectivity index (χ0) is 15.1. The van der Waals surface area contributed by atoms with Crippen molar-refractivity contribution in [1.29, 1.82) is 0 Å². The summed E-state index contributed by atoms with van der Waals surface area (Å²) in [5.41, 5.74) is -0.219. The van der Waals surface area contributed by atoms with Gasteiger partial charge in [-0.05, 0) is 18.2 Å². The summed E-state index contributed by atoms with van der Waals surface area (Å²) >= 11 is 0. The van der Waals surface area contributed by atoms with Crippen LogP contribution in [0.4, 0.5) is 10.1 Å². The molecule has 0 aliphatic carbocycles. The summed E-state index contributed by atoms with van der Waals surface area (Å²) in [7, 11) is 0. The number of benzene rings is 1. The molecular formula is C14H15FN2O3. The first-order chi connectivity index (χ1) is 9.69. The Bertz CT molecular complexity index is 629. The number of carbonyl (C=O) groups excluding carboxylic acids is 1. The van der Waals surface area contributed by atoms with Gasteiger partial charge in [-0.25, -0.2) is 9.18 Å². The van der Waals surface area contributed by atoms with E-state index in [1.54, 1.807) is 6.92 Å². The van der Waals surface area contributed by atoms with Crippen LogP contribution < -0.4 is 0 Å². The summed E-state index contributed by atoms with van der Waals surface area (Å²) in [5.74, 6) is -1.28. The van der Waals surface area contributed by atoms with Gasteiger partial charge >= 0.3 is 5.97 Å². The number of nitroso groups, excluding NO2 is 1. The highest BCUT2D eigenvalue weighted by Crippen LogP contribution is 2.30. The Balaban J connectivity index is 0.000000956. The summed E-state index contributed by atoms with van der Waals surface area (Å²) in [4.78, 5) is 26.3. The number of fused-ring (bicyclic) bond motifs is 1. The molecule has 2 aromatic rings. The first-order valence-corrected chi connectivity index (χ1v) is 6.26. The largest absolute Gasteiger partial charge is 0.462 e. The number of rotatable bonds is 3. The predicted octanol–water partition coefficient (Wildman–Crippen LogP) is 3.97. The van der Waals surface area contributed by atoms with E-state index < -0.39 is 11.8 Å². The fourth-order valence-electron chi connectivity index (χ4n) is 1.63. The van der Waals surface area contributed by atoms with Crippen molar-refractivity contribution < 1.29 is 13.9 Å². The van der Waals surface area contributed by atoms with Gasteiger partial charge in [-0.1, -0.05) is 26.0 Å². The maximum Gasteiger partial charge on any atom is 0.342 e. The smallest absolute Gasteiger partial charge is 0.342 e. The summed E-state index contributed by atoms with van der Waals surface area (Å²) in [6.07, 6.45) is 1.10. The highest BCUT2D eigenvalue weighted by molar-refractivity contribution is 6.03. The minimum absolute atomic E-state index is 0.000137. The molecule has 0 saturated carbocycles. The van der Waals surface area contributed by atoms with Crippen LogP contribution >= 0.6 is 0 Å². The topological polar surface area (TPSA) is 68.6 Å². The van der Waals surface area contributed by atoms with Crippen LogP contribution in [0, 0.1) is 10.7 Å². The van der Waals surface area contributed by atoms with Gasteiger partial charge in [-0.15, -0.1) is 4.91 Å². The highest BCUT2D eigenvalue weighted by Gasteiger charge is 2.18. The monoisotopic (exact) mass is 278 g/mol. The zero-order valence-electron chi connectivity index (χ0n) is 11.5. The Labute approximate surface area is 115 Å². The minimum atomic E-state index is -0.703. The van der Waals surface area contributed by atoms with Gasteiger partial charge in [0, 0.05) is 11.6 Å². The first-order valence-electron chi connectivity index (χ1n) is 6.26. The Kier molecular flexibility index (Phi) is 5.71. The molecule has 1 heterocycles. The van der Waals surface area contributed by atoms with Crippen LogP contribution in [0.5, 0.6) is 0 Å². The quantitative estimate of drug-likeness (QED) is 0.629. The molecule has 106 valence electrons. The molecular weight excluding hydrogens is 263 g/mol. The number of halogens is 1. The van der Waals surface area contributed by atoms with Crippen LogP contribution in [-0.2, 0) is 4.74 Å². The Morgan fingerprint density at radius 1 is 1.40 bits per heavy atom. The number of hydrogen-bond acceptors (Lipinski definition) is 5. The van der Waals surface area contributed by atoms with E-state index in [1.165, 1.54) is 18.2 Å². The van der Waals surface area contributed by atoms with Crippen LogP contribution in [0.15, 0.2) is 29.6 Å². The van der Waals surface area contributed by atoms with E-state index in [0.29, 0.717) is 0 Å². The van der Waals surface area contributed by atoms with E-state index in [9.17, 15) is 14.1 Å². The first kappa shape index (κ1) is 15.7. The molecule has 6 heteroatoms. The molecule has 0 spiro atoms. The number of esters is 1. The zero-order valence-corrected chi connectivity index (χ0v) is 11.5. The lowest BCUT2D eigenvalue weighted by molar-refractivity contribution is 0.0527. The molecule has 0 amide bonds. The second-order valence-electron chi connectivity index (χ2n) is 3.47. The Morgan fingerprint density at radius 3 is 2.70 bits per heavy atom. The van der Waals surface area contributed by atoms with E-state index in [2.05, 4.69) is 10.2 Å². The molecule has 0 fully saturated rings. The molecule has 0 atom stereocenters. The van der Waals surface area contributed by atoms with Gasteiger partial charge in [0.1, 0.15) is 22.6 Å². The molecule has 0 radical (unpaired) electrons. The summed E-state index contributed by atoms with van der Waals surface area (Å²) in [5, 5.41) is 2.98. The van der Waals surface area contributed by atoms with Crippen molar-refractivity contribution in [2.75, 3.05) is 6.61 Å². The van der Waals surface area contributed by atoms with Crippen molar-refractivity contribution in [3.05, 3.63) is 40.7 Å². The van der Waals surface area contributed by atoms with Crippen molar-refractivity contribution in [3.63, 3.8) is 0 Å². The van der Waals surface area contributed by atoms with Gasteiger partial charge in [0.25, 0.3) is 0 Å². The lowest BCUT2D eigenvalue weighted by Gasteiger charge is -2.06. The number of pyridine rings is 1. The molecule has 1 aromatic carbocycles. The summed E-state index contributed by atoms with van der Waals surface area (Å²) < 4.78 is 18.2. The molecule has 0 bridgehead atoms. The van der Waals surface area contributed by atoms with Crippen LogP contribution in [0.25, 0.3) is 10.9 Å². The van der Waals surface area contributed by atoms with Gasteiger partial charge in [-0.2, -0.15) is 0 Å². The van der Waals surface area contributed by atoms with E-state index in [1.807, 2.05) is 13.8 Å². The lowest BCUT2D eigenvalue weighted by Crippen LogP contribution is -2.06. The maximum absolute atomic E-state index is 13.5. The van der Waals surface area contributed by atoms with Crippen molar-refractivity contribution in [1.82, 2.24) is 4.98 Å². The number of carbonyl (C=O) groups is 1. The highest BCUT2D eigenvalue weighted by atomic mass is 19.1. The second-order valence-corrected chi connectivity index (χ2v) is 3.47. The summed E-state index contributed by atoms with van der Waals surface area (Å²) in [6.45, 7) is 5.80. The van der Waals surface area contributed by atoms with Crippen LogP contribution in [0.2, 0.25) is 0 Å². The molecule has 0 unspecified atom stereocenters.